The molecule has 0 fully saturated rings. The van der Waals surface area contributed by atoms with Crippen molar-refractivity contribution < 1.29 is 4.39 Å². The van der Waals surface area contributed by atoms with Gasteiger partial charge in [-0.05, 0) is 36.5 Å². The minimum Gasteiger partial charge on any atom is -0.207 e. The van der Waals surface area contributed by atoms with Crippen LogP contribution in [0.2, 0.25) is 0 Å². The first-order chi connectivity index (χ1) is 6.27. The van der Waals surface area contributed by atoms with Gasteiger partial charge >= 0.3 is 0 Å². The van der Waals surface area contributed by atoms with E-state index in [1.807, 2.05) is 12.1 Å². The number of benzene rings is 1. The third-order valence-electron chi connectivity index (χ3n) is 2.32. The molecule has 1 heteroatoms. The first kappa shape index (κ1) is 10.2. The lowest BCUT2D eigenvalue weighted by Crippen LogP contribution is -1.92. The maximum atomic E-state index is 13.2. The van der Waals surface area contributed by atoms with Crippen LogP contribution < -0.4 is 0 Å². The zero-order valence-electron chi connectivity index (χ0n) is 8.44. The molecule has 1 aromatic carbocycles. The Balaban J connectivity index is 2.78. The molecule has 0 nitrogen and oxygen atoms in total. The predicted molar refractivity (Wildman–Crippen MR) is 54.4 cm³/mol. The Morgan fingerprint density at radius 3 is 2.62 bits per heavy atom. The van der Waals surface area contributed by atoms with Crippen molar-refractivity contribution in [1.82, 2.24) is 0 Å². The molecular formula is C12H17F. The molecule has 0 aliphatic rings. The number of hydrogen-bond acceptors (Lipinski definition) is 0. The first-order valence-electron chi connectivity index (χ1n) is 5.05. The van der Waals surface area contributed by atoms with E-state index in [2.05, 4.69) is 13.8 Å². The summed E-state index contributed by atoms with van der Waals surface area (Å²) in [6.07, 6.45) is 4.05. The summed E-state index contributed by atoms with van der Waals surface area (Å²) in [6.45, 7) is 4.22. The van der Waals surface area contributed by atoms with E-state index >= 15 is 0 Å². The number of aryl methyl sites for hydroxylation is 2. The second kappa shape index (κ2) is 5.00. The molecule has 0 bridgehead atoms. The van der Waals surface area contributed by atoms with Crippen molar-refractivity contribution in [3.05, 3.63) is 35.1 Å². The number of unbranched alkanes of at least 4 members (excludes halogenated alkanes) is 1. The molecule has 0 heterocycles. The van der Waals surface area contributed by atoms with Crippen LogP contribution >= 0.6 is 0 Å². The quantitative estimate of drug-likeness (QED) is 0.662. The number of rotatable bonds is 4. The zero-order valence-corrected chi connectivity index (χ0v) is 8.44. The molecule has 0 aromatic heterocycles. The van der Waals surface area contributed by atoms with Gasteiger partial charge in [-0.2, -0.15) is 0 Å². The van der Waals surface area contributed by atoms with E-state index in [1.165, 1.54) is 5.56 Å². The maximum absolute atomic E-state index is 13.2. The Labute approximate surface area is 79.8 Å². The van der Waals surface area contributed by atoms with E-state index in [-0.39, 0.29) is 5.82 Å². The van der Waals surface area contributed by atoms with Gasteiger partial charge in [0.15, 0.2) is 0 Å². The second-order valence-electron chi connectivity index (χ2n) is 3.38. The predicted octanol–water partition coefficient (Wildman–Crippen LogP) is 3.73. The molecule has 1 rings (SSSR count). The van der Waals surface area contributed by atoms with E-state index in [9.17, 15) is 4.39 Å². The summed E-state index contributed by atoms with van der Waals surface area (Å²) in [5.41, 5.74) is 2.11. The summed E-state index contributed by atoms with van der Waals surface area (Å²) < 4.78 is 13.2. The third kappa shape index (κ3) is 2.83. The van der Waals surface area contributed by atoms with Crippen molar-refractivity contribution >= 4 is 0 Å². The molecule has 0 atom stereocenters. The monoisotopic (exact) mass is 180 g/mol. The summed E-state index contributed by atoms with van der Waals surface area (Å²) in [4.78, 5) is 0. The first-order valence-corrected chi connectivity index (χ1v) is 5.05. The SMILES string of the molecule is CCCCc1cc(CC)ccc1F. The van der Waals surface area contributed by atoms with Gasteiger partial charge in [0.05, 0.1) is 0 Å². The van der Waals surface area contributed by atoms with Crippen LogP contribution in [0.25, 0.3) is 0 Å². The Hall–Kier alpha value is -0.850. The number of halogens is 1. The Bertz CT molecular complexity index is 266. The third-order valence-corrected chi connectivity index (χ3v) is 2.32. The fraction of sp³-hybridized carbons (Fsp3) is 0.500. The lowest BCUT2D eigenvalue weighted by molar-refractivity contribution is 0.602. The fourth-order valence-electron chi connectivity index (χ4n) is 1.41. The number of hydrogen-bond donors (Lipinski definition) is 0. The highest BCUT2D eigenvalue weighted by Gasteiger charge is 2.01. The highest BCUT2D eigenvalue weighted by atomic mass is 19.1. The molecular weight excluding hydrogens is 163 g/mol. The topological polar surface area (TPSA) is 0 Å². The molecule has 0 saturated heterocycles. The van der Waals surface area contributed by atoms with E-state index in [0.717, 1.165) is 31.2 Å². The van der Waals surface area contributed by atoms with Crippen molar-refractivity contribution in [3.63, 3.8) is 0 Å². The molecule has 13 heavy (non-hydrogen) atoms. The molecule has 0 aliphatic heterocycles. The van der Waals surface area contributed by atoms with E-state index in [4.69, 9.17) is 0 Å². The molecule has 0 saturated carbocycles. The van der Waals surface area contributed by atoms with Gasteiger partial charge in [0.1, 0.15) is 5.82 Å². The fourth-order valence-corrected chi connectivity index (χ4v) is 1.41. The molecule has 0 aliphatic carbocycles. The van der Waals surface area contributed by atoms with Gasteiger partial charge in [-0.3, -0.25) is 0 Å². The largest absolute Gasteiger partial charge is 0.207 e. The van der Waals surface area contributed by atoms with E-state index < -0.39 is 0 Å². The minimum absolute atomic E-state index is 0.0503. The van der Waals surface area contributed by atoms with Crippen molar-refractivity contribution in [1.29, 1.82) is 0 Å². The van der Waals surface area contributed by atoms with Gasteiger partial charge in [0.2, 0.25) is 0 Å². The van der Waals surface area contributed by atoms with Crippen LogP contribution in [0.1, 0.15) is 37.8 Å². The molecule has 0 radical (unpaired) electrons. The Morgan fingerprint density at radius 1 is 1.23 bits per heavy atom. The van der Waals surface area contributed by atoms with Crippen molar-refractivity contribution in [2.75, 3.05) is 0 Å². The van der Waals surface area contributed by atoms with Gasteiger partial charge in [-0.15, -0.1) is 0 Å². The summed E-state index contributed by atoms with van der Waals surface area (Å²) >= 11 is 0. The maximum Gasteiger partial charge on any atom is 0.126 e. The van der Waals surface area contributed by atoms with Crippen molar-refractivity contribution in [3.8, 4) is 0 Å². The van der Waals surface area contributed by atoms with Crippen LogP contribution in [-0.2, 0) is 12.8 Å². The van der Waals surface area contributed by atoms with Gasteiger partial charge in [0.25, 0.3) is 0 Å². The van der Waals surface area contributed by atoms with Gasteiger partial charge < -0.3 is 0 Å². The average Bonchev–Trinajstić information content (AvgIpc) is 2.17. The average molecular weight is 180 g/mol. The summed E-state index contributed by atoms with van der Waals surface area (Å²) in [7, 11) is 0. The minimum atomic E-state index is -0.0503. The van der Waals surface area contributed by atoms with E-state index in [0.29, 0.717) is 0 Å². The van der Waals surface area contributed by atoms with Gasteiger partial charge in [0, 0.05) is 0 Å². The molecule has 1 aromatic rings. The summed E-state index contributed by atoms with van der Waals surface area (Å²) in [6, 6.07) is 5.44. The highest BCUT2D eigenvalue weighted by molar-refractivity contribution is 5.25. The van der Waals surface area contributed by atoms with Crippen LogP contribution in [0.15, 0.2) is 18.2 Å². The molecule has 0 spiro atoms. The van der Waals surface area contributed by atoms with Crippen LogP contribution in [0.3, 0.4) is 0 Å². The van der Waals surface area contributed by atoms with Crippen LogP contribution in [0, 0.1) is 5.82 Å². The normalized spacial score (nSPS) is 10.4. The standard InChI is InChI=1S/C12H17F/c1-3-5-6-11-9-10(4-2)7-8-12(11)13/h7-9H,3-6H2,1-2H3. The highest BCUT2D eigenvalue weighted by Crippen LogP contribution is 2.13. The molecule has 72 valence electrons. The Morgan fingerprint density at radius 2 is 2.00 bits per heavy atom. The molecule has 0 N–H and O–H groups in total. The lowest BCUT2D eigenvalue weighted by atomic mass is 10.0. The summed E-state index contributed by atoms with van der Waals surface area (Å²) in [5.74, 6) is -0.0503. The lowest BCUT2D eigenvalue weighted by Gasteiger charge is -2.04. The van der Waals surface area contributed by atoms with Crippen molar-refractivity contribution in [2.45, 2.75) is 39.5 Å². The van der Waals surface area contributed by atoms with E-state index in [1.54, 1.807) is 6.07 Å². The molecule has 0 unspecified atom stereocenters. The smallest absolute Gasteiger partial charge is 0.126 e. The van der Waals surface area contributed by atoms with Crippen LogP contribution in [0.4, 0.5) is 4.39 Å². The second-order valence-corrected chi connectivity index (χ2v) is 3.38. The van der Waals surface area contributed by atoms with Crippen LogP contribution in [-0.4, -0.2) is 0 Å². The van der Waals surface area contributed by atoms with Gasteiger partial charge in [-0.25, -0.2) is 4.39 Å². The van der Waals surface area contributed by atoms with Gasteiger partial charge in [-0.1, -0.05) is 32.4 Å². The Kier molecular flexibility index (Phi) is 3.94. The van der Waals surface area contributed by atoms with Crippen LogP contribution in [0.5, 0.6) is 0 Å². The molecule has 0 amide bonds. The van der Waals surface area contributed by atoms with Crippen molar-refractivity contribution in [2.24, 2.45) is 0 Å². The summed E-state index contributed by atoms with van der Waals surface area (Å²) in [5, 5.41) is 0. The zero-order chi connectivity index (χ0) is 9.68.